The number of anilines is 5. The molecule has 3 rings (SSSR count). The molecule has 196 valence electrons. The number of hydrogen-bond donors (Lipinski definition) is 3. The number of rotatable bonds is 9. The van der Waals surface area contributed by atoms with Crippen LogP contribution in [0.3, 0.4) is 0 Å². The zero-order valence-corrected chi connectivity index (χ0v) is 21.3. The van der Waals surface area contributed by atoms with Crippen LogP contribution in [0, 0.1) is 13.8 Å². The molecule has 0 bridgehead atoms. The second-order valence-electron chi connectivity index (χ2n) is 8.17. The van der Waals surface area contributed by atoms with E-state index in [1.165, 1.54) is 6.07 Å². The SMILES string of the molecule is C=CCN(CCC)c1nc(C)nc(Nc2cc(NC(=O)Nc3ccc(Cl)c(C(F)(F)F)c3)ccc2C)n1. The van der Waals surface area contributed by atoms with E-state index in [-0.39, 0.29) is 5.69 Å². The highest BCUT2D eigenvalue weighted by Crippen LogP contribution is 2.36. The van der Waals surface area contributed by atoms with E-state index in [0.717, 1.165) is 30.7 Å². The van der Waals surface area contributed by atoms with Crippen molar-refractivity contribution in [2.45, 2.75) is 33.4 Å². The molecule has 2 aromatic carbocycles. The molecule has 1 heterocycles. The van der Waals surface area contributed by atoms with Crippen LogP contribution in [0.25, 0.3) is 0 Å². The predicted molar refractivity (Wildman–Crippen MR) is 141 cm³/mol. The number of carbonyl (C=O) groups is 1. The normalized spacial score (nSPS) is 11.1. The Bertz CT molecular complexity index is 1280. The van der Waals surface area contributed by atoms with Crippen molar-refractivity contribution in [3.63, 3.8) is 0 Å². The molecule has 0 atom stereocenters. The van der Waals surface area contributed by atoms with Gasteiger partial charge >= 0.3 is 12.2 Å². The molecule has 0 radical (unpaired) electrons. The summed E-state index contributed by atoms with van der Waals surface area (Å²) in [5.74, 6) is 1.38. The molecule has 2 amide bonds. The van der Waals surface area contributed by atoms with Crippen molar-refractivity contribution in [1.29, 1.82) is 0 Å². The molecule has 0 fully saturated rings. The van der Waals surface area contributed by atoms with Crippen LogP contribution in [0.4, 0.5) is 46.9 Å². The fourth-order valence-corrected chi connectivity index (χ4v) is 3.66. The highest BCUT2D eigenvalue weighted by molar-refractivity contribution is 6.31. The number of carbonyl (C=O) groups excluding carboxylic acids is 1. The highest BCUT2D eigenvalue weighted by Gasteiger charge is 2.33. The van der Waals surface area contributed by atoms with E-state index >= 15 is 0 Å². The molecular formula is C25H27ClF3N7O. The molecule has 0 aliphatic carbocycles. The number of benzene rings is 2. The molecule has 0 aliphatic rings. The van der Waals surface area contributed by atoms with Crippen molar-refractivity contribution in [3.05, 3.63) is 71.0 Å². The molecule has 3 N–H and O–H groups in total. The zero-order chi connectivity index (χ0) is 27.2. The minimum atomic E-state index is -4.64. The summed E-state index contributed by atoms with van der Waals surface area (Å²) in [7, 11) is 0. The maximum Gasteiger partial charge on any atom is 0.417 e. The van der Waals surface area contributed by atoms with Crippen LogP contribution in [0.2, 0.25) is 5.02 Å². The minimum Gasteiger partial charge on any atom is -0.337 e. The largest absolute Gasteiger partial charge is 0.417 e. The van der Waals surface area contributed by atoms with Gasteiger partial charge in [-0.1, -0.05) is 30.7 Å². The number of aromatic nitrogens is 3. The number of alkyl halides is 3. The molecule has 37 heavy (non-hydrogen) atoms. The Balaban J connectivity index is 1.77. The van der Waals surface area contributed by atoms with Crippen molar-refractivity contribution in [2.75, 3.05) is 33.9 Å². The number of urea groups is 1. The fraction of sp³-hybridized carbons (Fsp3) is 0.280. The van der Waals surface area contributed by atoms with Crippen LogP contribution < -0.4 is 20.9 Å². The smallest absolute Gasteiger partial charge is 0.337 e. The lowest BCUT2D eigenvalue weighted by Gasteiger charge is -2.21. The number of nitrogens with zero attached hydrogens (tertiary/aromatic N) is 4. The Kier molecular flexibility index (Phi) is 8.93. The molecule has 12 heteroatoms. The van der Waals surface area contributed by atoms with Gasteiger partial charge in [0.25, 0.3) is 0 Å². The van der Waals surface area contributed by atoms with Crippen LogP contribution >= 0.6 is 11.6 Å². The molecule has 0 aliphatic heterocycles. The van der Waals surface area contributed by atoms with Gasteiger partial charge in [-0.25, -0.2) is 4.79 Å². The van der Waals surface area contributed by atoms with Gasteiger partial charge in [0.15, 0.2) is 0 Å². The molecule has 0 saturated heterocycles. The van der Waals surface area contributed by atoms with Gasteiger partial charge in [0.2, 0.25) is 11.9 Å². The Hall–Kier alpha value is -3.86. The maximum atomic E-state index is 13.1. The quantitative estimate of drug-likeness (QED) is 0.258. The van der Waals surface area contributed by atoms with E-state index in [4.69, 9.17) is 11.6 Å². The summed E-state index contributed by atoms with van der Waals surface area (Å²) in [5, 5.41) is 7.71. The summed E-state index contributed by atoms with van der Waals surface area (Å²) in [6, 6.07) is 7.54. The molecule has 1 aromatic heterocycles. The number of amides is 2. The summed E-state index contributed by atoms with van der Waals surface area (Å²) in [4.78, 5) is 27.8. The topological polar surface area (TPSA) is 95.1 Å². The summed E-state index contributed by atoms with van der Waals surface area (Å²) < 4.78 is 39.3. The first-order valence-corrected chi connectivity index (χ1v) is 11.8. The molecule has 0 unspecified atom stereocenters. The van der Waals surface area contributed by atoms with Crippen molar-refractivity contribution >= 4 is 46.6 Å². The number of halogens is 4. The summed E-state index contributed by atoms with van der Waals surface area (Å²) in [5.41, 5.74) is 0.803. The molecule has 8 nitrogen and oxygen atoms in total. The number of aryl methyl sites for hydroxylation is 2. The lowest BCUT2D eigenvalue weighted by molar-refractivity contribution is -0.137. The van der Waals surface area contributed by atoms with Crippen LogP contribution in [-0.2, 0) is 6.18 Å². The summed E-state index contributed by atoms with van der Waals surface area (Å²) in [6.45, 7) is 10.8. The van der Waals surface area contributed by atoms with Crippen LogP contribution in [0.15, 0.2) is 49.1 Å². The van der Waals surface area contributed by atoms with Crippen LogP contribution in [0.1, 0.15) is 30.3 Å². The van der Waals surface area contributed by atoms with Gasteiger partial charge in [0.1, 0.15) is 5.82 Å². The maximum absolute atomic E-state index is 13.1. The average Bonchev–Trinajstić information content (AvgIpc) is 2.81. The molecule has 0 saturated carbocycles. The third-order valence-corrected chi connectivity index (χ3v) is 5.46. The first kappa shape index (κ1) is 27.7. The van der Waals surface area contributed by atoms with Gasteiger partial charge < -0.3 is 20.9 Å². The second kappa shape index (κ2) is 11.9. The summed E-state index contributed by atoms with van der Waals surface area (Å²) in [6.07, 6.45) is -1.96. The van der Waals surface area contributed by atoms with E-state index in [1.807, 2.05) is 11.8 Å². The lowest BCUT2D eigenvalue weighted by atomic mass is 10.2. The van der Waals surface area contributed by atoms with E-state index in [0.29, 0.717) is 35.6 Å². The lowest BCUT2D eigenvalue weighted by Crippen LogP contribution is -2.27. The fourth-order valence-electron chi connectivity index (χ4n) is 3.43. The Morgan fingerprint density at radius 3 is 2.41 bits per heavy atom. The van der Waals surface area contributed by atoms with E-state index in [9.17, 15) is 18.0 Å². The van der Waals surface area contributed by atoms with Gasteiger partial charge in [-0.15, -0.1) is 6.58 Å². The first-order chi connectivity index (χ1) is 17.5. The summed E-state index contributed by atoms with van der Waals surface area (Å²) >= 11 is 5.64. The second-order valence-corrected chi connectivity index (χ2v) is 8.57. The zero-order valence-electron chi connectivity index (χ0n) is 20.6. The first-order valence-electron chi connectivity index (χ1n) is 11.4. The van der Waals surface area contributed by atoms with Gasteiger partial charge in [0, 0.05) is 30.2 Å². The Morgan fingerprint density at radius 2 is 1.76 bits per heavy atom. The van der Waals surface area contributed by atoms with Crippen LogP contribution in [-0.4, -0.2) is 34.1 Å². The van der Waals surface area contributed by atoms with Crippen LogP contribution in [0.5, 0.6) is 0 Å². The van der Waals surface area contributed by atoms with Crippen molar-refractivity contribution < 1.29 is 18.0 Å². The van der Waals surface area contributed by atoms with E-state index in [1.54, 1.807) is 31.2 Å². The number of nitrogens with one attached hydrogen (secondary N) is 3. The van der Waals surface area contributed by atoms with Gasteiger partial charge in [-0.3, -0.25) is 0 Å². The molecule has 3 aromatic rings. The Labute approximate surface area is 218 Å². The highest BCUT2D eigenvalue weighted by atomic mass is 35.5. The number of hydrogen-bond acceptors (Lipinski definition) is 6. The van der Waals surface area contributed by atoms with Crippen molar-refractivity contribution in [1.82, 2.24) is 15.0 Å². The third-order valence-electron chi connectivity index (χ3n) is 5.13. The minimum absolute atomic E-state index is 0.0518. The molecule has 0 spiro atoms. The van der Waals surface area contributed by atoms with Gasteiger partial charge in [-0.2, -0.15) is 28.1 Å². The predicted octanol–water partition coefficient (Wildman–Crippen LogP) is 6.95. The Morgan fingerprint density at radius 1 is 1.08 bits per heavy atom. The van der Waals surface area contributed by atoms with E-state index < -0.39 is 22.8 Å². The van der Waals surface area contributed by atoms with E-state index in [2.05, 4.69) is 44.4 Å². The van der Waals surface area contributed by atoms with Crippen molar-refractivity contribution in [2.24, 2.45) is 0 Å². The average molecular weight is 534 g/mol. The van der Waals surface area contributed by atoms with Gasteiger partial charge in [0.05, 0.1) is 10.6 Å². The third kappa shape index (κ3) is 7.56. The standard InChI is InChI=1S/C25H27ClF3N7O/c1-5-11-36(12-6-2)23-31-16(4)30-22(35-23)34-21-14-18(8-7-15(21)3)33-24(37)32-17-9-10-20(26)19(13-17)25(27,28)29/h5,7-10,13-14H,1,6,11-12H2,2-4H3,(H2,32,33,37)(H,30,31,34,35). The monoisotopic (exact) mass is 533 g/mol. The van der Waals surface area contributed by atoms with Gasteiger partial charge in [-0.05, 0) is 56.2 Å². The molecular weight excluding hydrogens is 507 g/mol. The van der Waals surface area contributed by atoms with Crippen molar-refractivity contribution in [3.8, 4) is 0 Å².